The predicted molar refractivity (Wildman–Crippen MR) is 72.1 cm³/mol. The van der Waals surface area contributed by atoms with Crippen molar-refractivity contribution in [2.45, 2.75) is 37.8 Å². The standard InChI is InChI=1S/C10H23O2PSi2/c1-14(2,3)11-10-12-15-7-4-13(5-8-15)6-9-15/h4-10H2,1-3H3. The fraction of sp³-hybridized carbons (Fsp3) is 1.00. The zero-order chi connectivity index (χ0) is 10.9. The van der Waals surface area contributed by atoms with Crippen molar-refractivity contribution in [1.29, 1.82) is 0 Å². The molecule has 88 valence electrons. The van der Waals surface area contributed by atoms with E-state index in [4.69, 9.17) is 8.85 Å². The summed E-state index contributed by atoms with van der Waals surface area (Å²) in [7, 11) is -2.20. The normalized spacial score (nSPS) is 35.8. The predicted octanol–water partition coefficient (Wildman–Crippen LogP) is 3.27. The van der Waals surface area contributed by atoms with Gasteiger partial charge in [-0.2, -0.15) is 0 Å². The molecule has 15 heavy (non-hydrogen) atoms. The lowest BCUT2D eigenvalue weighted by atomic mass is 10.8. The number of fused-ring (bicyclic) bond motifs is 3. The van der Waals surface area contributed by atoms with Gasteiger partial charge in [-0.15, -0.1) is 7.92 Å². The van der Waals surface area contributed by atoms with Crippen LogP contribution in [0.4, 0.5) is 0 Å². The van der Waals surface area contributed by atoms with Gasteiger partial charge in [0.25, 0.3) is 0 Å². The minimum Gasteiger partial charge on any atom is -0.396 e. The Morgan fingerprint density at radius 3 is 2.07 bits per heavy atom. The number of hydrogen-bond donors (Lipinski definition) is 0. The van der Waals surface area contributed by atoms with Crippen molar-refractivity contribution in [3.05, 3.63) is 0 Å². The summed E-state index contributed by atoms with van der Waals surface area (Å²) >= 11 is 0. The molecule has 0 aromatic carbocycles. The molecule has 0 saturated carbocycles. The molecule has 0 N–H and O–H groups in total. The molecular weight excluding hydrogens is 239 g/mol. The second-order valence-corrected chi connectivity index (χ2v) is 17.1. The maximum atomic E-state index is 6.20. The van der Waals surface area contributed by atoms with Crippen LogP contribution in [0.3, 0.4) is 0 Å². The monoisotopic (exact) mass is 262 g/mol. The molecule has 0 unspecified atom stereocenters. The van der Waals surface area contributed by atoms with Gasteiger partial charge in [0.15, 0.2) is 16.6 Å². The van der Waals surface area contributed by atoms with E-state index >= 15 is 0 Å². The van der Waals surface area contributed by atoms with Crippen LogP contribution in [0.1, 0.15) is 0 Å². The molecule has 0 aromatic heterocycles. The smallest absolute Gasteiger partial charge is 0.196 e. The van der Waals surface area contributed by atoms with E-state index in [1.165, 1.54) is 36.6 Å². The first-order valence-electron chi connectivity index (χ1n) is 5.99. The molecule has 3 aliphatic rings. The van der Waals surface area contributed by atoms with Crippen LogP contribution in [0.5, 0.6) is 0 Å². The van der Waals surface area contributed by atoms with Crippen molar-refractivity contribution in [2.24, 2.45) is 0 Å². The molecule has 0 radical (unpaired) electrons. The molecule has 3 rings (SSSR count). The Kier molecular flexibility index (Phi) is 3.73. The third kappa shape index (κ3) is 3.37. The molecule has 2 bridgehead atoms. The zero-order valence-corrected chi connectivity index (χ0v) is 13.1. The Bertz CT molecular complexity index is 208. The lowest BCUT2D eigenvalue weighted by Crippen LogP contribution is -2.47. The molecule has 3 heterocycles. The average molecular weight is 262 g/mol. The molecular formula is C10H23O2PSi2. The first kappa shape index (κ1) is 12.2. The quantitative estimate of drug-likeness (QED) is 0.440. The van der Waals surface area contributed by atoms with Crippen LogP contribution in [-0.2, 0) is 8.85 Å². The highest BCUT2D eigenvalue weighted by Crippen LogP contribution is 2.53. The van der Waals surface area contributed by atoms with Gasteiger partial charge >= 0.3 is 0 Å². The van der Waals surface area contributed by atoms with Gasteiger partial charge in [-0.1, -0.05) is 0 Å². The minimum atomic E-state index is -1.37. The van der Waals surface area contributed by atoms with Gasteiger partial charge in [-0.25, -0.2) is 0 Å². The highest BCUT2D eigenvalue weighted by atomic mass is 31.1. The van der Waals surface area contributed by atoms with Gasteiger partial charge in [-0.3, -0.25) is 0 Å². The molecule has 0 amide bonds. The summed E-state index contributed by atoms with van der Waals surface area (Å²) in [5, 5.41) is 0. The summed E-state index contributed by atoms with van der Waals surface area (Å²) < 4.78 is 12.0. The zero-order valence-electron chi connectivity index (χ0n) is 10.2. The van der Waals surface area contributed by atoms with Crippen molar-refractivity contribution >= 4 is 24.6 Å². The molecule has 3 aliphatic heterocycles. The van der Waals surface area contributed by atoms with Crippen LogP contribution in [-0.4, -0.2) is 41.9 Å². The lowest BCUT2D eigenvalue weighted by Gasteiger charge is -2.44. The second-order valence-electron chi connectivity index (χ2n) is 5.79. The highest BCUT2D eigenvalue weighted by molar-refractivity contribution is 7.59. The Balaban J connectivity index is 1.78. The van der Waals surface area contributed by atoms with E-state index < -0.39 is 16.6 Å². The molecule has 0 aliphatic carbocycles. The van der Waals surface area contributed by atoms with E-state index in [0.29, 0.717) is 14.7 Å². The second kappa shape index (κ2) is 4.57. The molecule has 0 atom stereocenters. The Morgan fingerprint density at radius 2 is 1.60 bits per heavy atom. The van der Waals surface area contributed by atoms with Crippen LogP contribution in [0, 0.1) is 0 Å². The molecule has 3 fully saturated rings. The van der Waals surface area contributed by atoms with Crippen molar-refractivity contribution in [2.75, 3.05) is 25.3 Å². The van der Waals surface area contributed by atoms with Gasteiger partial charge in [-0.05, 0) is 56.3 Å². The van der Waals surface area contributed by atoms with E-state index in [9.17, 15) is 0 Å². The summed E-state index contributed by atoms with van der Waals surface area (Å²) in [5.41, 5.74) is 0. The van der Waals surface area contributed by atoms with Crippen molar-refractivity contribution in [3.8, 4) is 0 Å². The van der Waals surface area contributed by atoms with Gasteiger partial charge in [0.1, 0.15) is 6.79 Å². The van der Waals surface area contributed by atoms with Crippen molar-refractivity contribution < 1.29 is 8.85 Å². The fourth-order valence-electron chi connectivity index (χ4n) is 2.34. The van der Waals surface area contributed by atoms with E-state index in [0.717, 1.165) is 0 Å². The Hall–Kier alpha value is 0.784. The molecule has 0 aromatic rings. The maximum Gasteiger partial charge on any atom is 0.196 e. The Morgan fingerprint density at radius 1 is 1.07 bits per heavy atom. The van der Waals surface area contributed by atoms with Crippen LogP contribution in [0.15, 0.2) is 0 Å². The molecule has 5 heteroatoms. The van der Waals surface area contributed by atoms with E-state index in [-0.39, 0.29) is 0 Å². The molecule has 3 saturated heterocycles. The largest absolute Gasteiger partial charge is 0.396 e. The first-order valence-corrected chi connectivity index (χ1v) is 13.8. The SMILES string of the molecule is C[Si](C)(C)OCO[Si]12CCP(CC1)CC2. The van der Waals surface area contributed by atoms with Gasteiger partial charge in [0.2, 0.25) is 0 Å². The lowest BCUT2D eigenvalue weighted by molar-refractivity contribution is 0.103. The third-order valence-corrected chi connectivity index (χ3v) is 12.5. The number of hydrogen-bond acceptors (Lipinski definition) is 2. The van der Waals surface area contributed by atoms with E-state index in [2.05, 4.69) is 19.6 Å². The van der Waals surface area contributed by atoms with Crippen molar-refractivity contribution in [1.82, 2.24) is 0 Å². The van der Waals surface area contributed by atoms with E-state index in [1.54, 1.807) is 0 Å². The van der Waals surface area contributed by atoms with Gasteiger partial charge in [0.05, 0.1) is 0 Å². The summed E-state index contributed by atoms with van der Waals surface area (Å²) in [6.07, 6.45) is 4.53. The summed E-state index contributed by atoms with van der Waals surface area (Å²) in [5.74, 6) is 0. The summed E-state index contributed by atoms with van der Waals surface area (Å²) in [6, 6.07) is 4.31. The minimum absolute atomic E-state index is 0.450. The maximum absolute atomic E-state index is 6.20. The fourth-order valence-corrected chi connectivity index (χ4v) is 13.7. The van der Waals surface area contributed by atoms with Gasteiger partial charge < -0.3 is 8.85 Å². The van der Waals surface area contributed by atoms with Crippen LogP contribution in [0.25, 0.3) is 0 Å². The topological polar surface area (TPSA) is 18.5 Å². The van der Waals surface area contributed by atoms with Crippen LogP contribution in [0.2, 0.25) is 37.8 Å². The first-order chi connectivity index (χ1) is 6.99. The summed E-state index contributed by atoms with van der Waals surface area (Å²) in [4.78, 5) is 0. The molecule has 0 spiro atoms. The number of rotatable bonds is 4. The van der Waals surface area contributed by atoms with Crippen LogP contribution >= 0.6 is 7.92 Å². The molecule has 2 nitrogen and oxygen atoms in total. The Labute approximate surface area is 96.7 Å². The van der Waals surface area contributed by atoms with Crippen LogP contribution < -0.4 is 0 Å². The average Bonchev–Trinajstić information content (AvgIpc) is 2.18. The van der Waals surface area contributed by atoms with Crippen molar-refractivity contribution in [3.63, 3.8) is 0 Å². The third-order valence-electron chi connectivity index (χ3n) is 3.51. The van der Waals surface area contributed by atoms with E-state index in [1.807, 2.05) is 0 Å². The summed E-state index contributed by atoms with van der Waals surface area (Å²) in [6.45, 7) is 7.30. The van der Waals surface area contributed by atoms with Gasteiger partial charge in [0, 0.05) is 0 Å². The highest BCUT2D eigenvalue weighted by Gasteiger charge is 2.44.